The maximum atomic E-state index is 11.8. The maximum absolute atomic E-state index is 11.8. The van der Waals surface area contributed by atoms with Crippen LogP contribution >= 0.6 is 0 Å². The van der Waals surface area contributed by atoms with Crippen LogP contribution in [-0.2, 0) is 11.3 Å². The molecule has 1 aromatic carbocycles. The van der Waals surface area contributed by atoms with Crippen molar-refractivity contribution in [3.8, 4) is 5.75 Å². The number of phenols is 1. The summed E-state index contributed by atoms with van der Waals surface area (Å²) in [5, 5.41) is 12.8. The summed E-state index contributed by atoms with van der Waals surface area (Å²) in [5.74, 6) is 0.294. The zero-order chi connectivity index (χ0) is 12.3. The number of carbonyl (C=O) groups excluding carboxylic acids is 1. The van der Waals surface area contributed by atoms with Gasteiger partial charge in [-0.2, -0.15) is 0 Å². The van der Waals surface area contributed by atoms with E-state index in [9.17, 15) is 9.90 Å². The Kier molecular flexibility index (Phi) is 3.64. The molecule has 0 atom stereocenters. The summed E-state index contributed by atoms with van der Waals surface area (Å²) in [5.41, 5.74) is 0.773. The second-order valence-electron chi connectivity index (χ2n) is 4.53. The van der Waals surface area contributed by atoms with Crippen LogP contribution in [0.5, 0.6) is 5.75 Å². The summed E-state index contributed by atoms with van der Waals surface area (Å²) in [6.45, 7) is 0.826. The number of nitrogens with one attached hydrogen (secondary N) is 1. The van der Waals surface area contributed by atoms with E-state index in [0.29, 0.717) is 19.1 Å². The Bertz CT molecular complexity index is 402. The minimum atomic E-state index is 0.0557. The minimum absolute atomic E-state index is 0.0557. The molecule has 1 aliphatic carbocycles. The molecule has 4 nitrogen and oxygen atoms in total. The molecule has 2 rings (SSSR count). The number of carbonyl (C=O) groups is 1. The third-order valence-electron chi connectivity index (χ3n) is 2.94. The average molecular weight is 234 g/mol. The highest BCUT2D eigenvalue weighted by molar-refractivity contribution is 5.78. The van der Waals surface area contributed by atoms with E-state index in [0.717, 1.165) is 5.56 Å². The lowest BCUT2D eigenvalue weighted by Crippen LogP contribution is -2.35. The number of nitrogens with zero attached hydrogens (tertiary/aromatic N) is 1. The Balaban J connectivity index is 1.84. The summed E-state index contributed by atoms with van der Waals surface area (Å²) in [4.78, 5) is 13.4. The Morgan fingerprint density at radius 1 is 1.47 bits per heavy atom. The van der Waals surface area contributed by atoms with Crippen LogP contribution in [0.25, 0.3) is 0 Å². The van der Waals surface area contributed by atoms with Crippen LogP contribution in [-0.4, -0.2) is 35.5 Å². The molecule has 92 valence electrons. The van der Waals surface area contributed by atoms with Gasteiger partial charge in [0.05, 0.1) is 6.54 Å². The number of aromatic hydroxyl groups is 1. The maximum Gasteiger partial charge on any atom is 0.236 e. The molecule has 2 N–H and O–H groups in total. The molecule has 0 saturated heterocycles. The molecule has 1 aromatic rings. The van der Waals surface area contributed by atoms with Crippen molar-refractivity contribution in [2.24, 2.45) is 0 Å². The molecular weight excluding hydrogens is 216 g/mol. The SMILES string of the molecule is CN(Cc1ccccc1O)C(=O)CNC1CC1. The smallest absolute Gasteiger partial charge is 0.236 e. The van der Waals surface area contributed by atoms with E-state index >= 15 is 0 Å². The van der Waals surface area contributed by atoms with Crippen LogP contribution in [0.3, 0.4) is 0 Å². The lowest BCUT2D eigenvalue weighted by molar-refractivity contribution is -0.129. The topological polar surface area (TPSA) is 52.6 Å². The summed E-state index contributed by atoms with van der Waals surface area (Å²) in [6.07, 6.45) is 2.35. The number of benzene rings is 1. The van der Waals surface area contributed by atoms with Gasteiger partial charge >= 0.3 is 0 Å². The minimum Gasteiger partial charge on any atom is -0.508 e. The third-order valence-corrected chi connectivity index (χ3v) is 2.94. The van der Waals surface area contributed by atoms with Gasteiger partial charge < -0.3 is 15.3 Å². The quantitative estimate of drug-likeness (QED) is 0.802. The number of hydrogen-bond donors (Lipinski definition) is 2. The summed E-state index contributed by atoms with van der Waals surface area (Å²) < 4.78 is 0. The van der Waals surface area contributed by atoms with Gasteiger partial charge in [0.25, 0.3) is 0 Å². The van der Waals surface area contributed by atoms with Gasteiger partial charge in [-0.25, -0.2) is 0 Å². The lowest BCUT2D eigenvalue weighted by atomic mass is 10.2. The highest BCUT2D eigenvalue weighted by Gasteiger charge is 2.22. The van der Waals surface area contributed by atoms with Crippen molar-refractivity contribution >= 4 is 5.91 Å². The van der Waals surface area contributed by atoms with Crippen molar-refractivity contribution < 1.29 is 9.90 Å². The second kappa shape index (κ2) is 5.19. The largest absolute Gasteiger partial charge is 0.508 e. The van der Waals surface area contributed by atoms with Crippen molar-refractivity contribution in [1.29, 1.82) is 0 Å². The first kappa shape index (κ1) is 11.9. The van der Waals surface area contributed by atoms with Crippen LogP contribution in [0.1, 0.15) is 18.4 Å². The van der Waals surface area contributed by atoms with Gasteiger partial charge in [-0.1, -0.05) is 18.2 Å². The van der Waals surface area contributed by atoms with Gasteiger partial charge in [0.15, 0.2) is 0 Å². The predicted octanol–water partition coefficient (Wildman–Crippen LogP) is 1.10. The lowest BCUT2D eigenvalue weighted by Gasteiger charge is -2.18. The predicted molar refractivity (Wildman–Crippen MR) is 65.6 cm³/mol. The van der Waals surface area contributed by atoms with Crippen molar-refractivity contribution in [3.05, 3.63) is 29.8 Å². The van der Waals surface area contributed by atoms with Crippen molar-refractivity contribution in [1.82, 2.24) is 10.2 Å². The molecule has 0 heterocycles. The van der Waals surface area contributed by atoms with Gasteiger partial charge in [0, 0.05) is 25.2 Å². The summed E-state index contributed by atoms with van der Waals surface area (Å²) >= 11 is 0. The van der Waals surface area contributed by atoms with Gasteiger partial charge in [0.1, 0.15) is 5.75 Å². The molecular formula is C13H18N2O2. The van der Waals surface area contributed by atoms with Gasteiger partial charge in [-0.3, -0.25) is 4.79 Å². The van der Waals surface area contributed by atoms with Gasteiger partial charge in [0.2, 0.25) is 5.91 Å². The zero-order valence-corrected chi connectivity index (χ0v) is 10.0. The number of hydrogen-bond acceptors (Lipinski definition) is 3. The molecule has 0 unspecified atom stereocenters. The van der Waals surface area contributed by atoms with Crippen LogP contribution < -0.4 is 5.32 Å². The van der Waals surface area contributed by atoms with Crippen LogP contribution in [0.2, 0.25) is 0 Å². The highest BCUT2D eigenvalue weighted by Crippen LogP contribution is 2.19. The molecule has 1 saturated carbocycles. The fraction of sp³-hybridized carbons (Fsp3) is 0.462. The molecule has 0 spiro atoms. The van der Waals surface area contributed by atoms with Crippen LogP contribution in [0.15, 0.2) is 24.3 Å². The Labute approximate surface area is 101 Å². The Hall–Kier alpha value is -1.55. The van der Waals surface area contributed by atoms with Gasteiger partial charge in [-0.05, 0) is 18.9 Å². The molecule has 0 radical (unpaired) electrons. The molecule has 0 aromatic heterocycles. The van der Waals surface area contributed by atoms with E-state index in [1.54, 1.807) is 24.1 Å². The molecule has 0 bridgehead atoms. The second-order valence-corrected chi connectivity index (χ2v) is 4.53. The van der Waals surface area contributed by atoms with Crippen LogP contribution in [0, 0.1) is 0 Å². The number of likely N-dealkylation sites (N-methyl/N-ethyl adjacent to an activating group) is 1. The van der Waals surface area contributed by atoms with E-state index in [1.807, 2.05) is 12.1 Å². The van der Waals surface area contributed by atoms with Gasteiger partial charge in [-0.15, -0.1) is 0 Å². The van der Waals surface area contributed by atoms with E-state index < -0.39 is 0 Å². The number of amides is 1. The summed E-state index contributed by atoms with van der Waals surface area (Å²) in [7, 11) is 1.75. The fourth-order valence-corrected chi connectivity index (χ4v) is 1.64. The Morgan fingerprint density at radius 2 is 2.18 bits per heavy atom. The number of phenolic OH excluding ortho intramolecular Hbond substituents is 1. The monoisotopic (exact) mass is 234 g/mol. The molecule has 17 heavy (non-hydrogen) atoms. The molecule has 1 fully saturated rings. The van der Waals surface area contributed by atoms with Crippen molar-refractivity contribution in [2.75, 3.05) is 13.6 Å². The first-order valence-corrected chi connectivity index (χ1v) is 5.91. The number of para-hydroxylation sites is 1. The Morgan fingerprint density at radius 3 is 2.82 bits per heavy atom. The molecule has 4 heteroatoms. The molecule has 1 amide bonds. The molecule has 1 aliphatic rings. The first-order valence-electron chi connectivity index (χ1n) is 5.91. The normalized spacial score (nSPS) is 14.6. The zero-order valence-electron chi connectivity index (χ0n) is 10.0. The first-order chi connectivity index (χ1) is 8.16. The average Bonchev–Trinajstić information content (AvgIpc) is 3.13. The van der Waals surface area contributed by atoms with Crippen molar-refractivity contribution in [2.45, 2.75) is 25.4 Å². The van der Waals surface area contributed by atoms with E-state index in [2.05, 4.69) is 5.32 Å². The van der Waals surface area contributed by atoms with E-state index in [1.165, 1.54) is 12.8 Å². The van der Waals surface area contributed by atoms with E-state index in [4.69, 9.17) is 0 Å². The third kappa shape index (κ3) is 3.46. The fourth-order valence-electron chi connectivity index (χ4n) is 1.64. The van der Waals surface area contributed by atoms with Crippen molar-refractivity contribution in [3.63, 3.8) is 0 Å². The molecule has 0 aliphatic heterocycles. The van der Waals surface area contributed by atoms with Crippen LogP contribution in [0.4, 0.5) is 0 Å². The standard InChI is InChI=1S/C13H18N2O2/c1-15(13(17)8-14-11-6-7-11)9-10-4-2-3-5-12(10)16/h2-5,11,14,16H,6-9H2,1H3. The summed E-state index contributed by atoms with van der Waals surface area (Å²) in [6, 6.07) is 7.63. The number of rotatable bonds is 5. The van der Waals surface area contributed by atoms with E-state index in [-0.39, 0.29) is 11.7 Å². The highest BCUT2D eigenvalue weighted by atomic mass is 16.3.